The van der Waals surface area contributed by atoms with Crippen LogP contribution in [0.2, 0.25) is 0 Å². The molecule has 2 rings (SSSR count). The van der Waals surface area contributed by atoms with Crippen LogP contribution in [-0.2, 0) is 19.1 Å². The van der Waals surface area contributed by atoms with Gasteiger partial charge in [-0.15, -0.1) is 11.3 Å². The third-order valence-electron chi connectivity index (χ3n) is 3.10. The topological polar surface area (TPSA) is 91.7 Å². The summed E-state index contributed by atoms with van der Waals surface area (Å²) in [5, 5.41) is 13.8. The molecule has 0 aromatic carbocycles. The number of nitrogens with zero attached hydrogens (tertiary/aromatic N) is 2. The van der Waals surface area contributed by atoms with Crippen molar-refractivity contribution in [2.45, 2.75) is 6.04 Å². The van der Waals surface area contributed by atoms with Crippen molar-refractivity contribution in [1.29, 1.82) is 5.26 Å². The van der Waals surface area contributed by atoms with Gasteiger partial charge >= 0.3 is 5.97 Å². The van der Waals surface area contributed by atoms with E-state index in [2.05, 4.69) is 5.32 Å². The number of anilines is 1. The molecule has 2 heterocycles. The summed E-state index contributed by atoms with van der Waals surface area (Å²) in [5.74, 6) is -0.693. The first-order valence-corrected chi connectivity index (χ1v) is 7.20. The fourth-order valence-electron chi connectivity index (χ4n) is 2.03. The maximum absolute atomic E-state index is 12.1. The molecular weight excluding hydrogens is 294 g/mol. The van der Waals surface area contributed by atoms with E-state index in [0.29, 0.717) is 23.7 Å². The number of nitriles is 1. The van der Waals surface area contributed by atoms with Crippen LogP contribution in [0.5, 0.6) is 0 Å². The minimum absolute atomic E-state index is 0.0475. The summed E-state index contributed by atoms with van der Waals surface area (Å²) in [6.45, 7) is 1.19. The normalized spacial score (nSPS) is 18.8. The summed E-state index contributed by atoms with van der Waals surface area (Å²) in [6, 6.07) is 3.08. The quantitative estimate of drug-likeness (QED) is 0.811. The van der Waals surface area contributed by atoms with E-state index in [0.717, 1.165) is 0 Å². The Morgan fingerprint density at radius 3 is 3.19 bits per heavy atom. The number of thiophene rings is 1. The minimum Gasteiger partial charge on any atom is -0.468 e. The molecule has 1 amide bonds. The number of nitrogens with one attached hydrogen (secondary N) is 1. The summed E-state index contributed by atoms with van der Waals surface area (Å²) in [7, 11) is 1.31. The lowest BCUT2D eigenvalue weighted by Gasteiger charge is -2.32. The molecule has 1 saturated heterocycles. The highest BCUT2D eigenvalue weighted by molar-refractivity contribution is 7.14. The van der Waals surface area contributed by atoms with Gasteiger partial charge in [0, 0.05) is 6.54 Å². The van der Waals surface area contributed by atoms with E-state index in [9.17, 15) is 9.59 Å². The van der Waals surface area contributed by atoms with Crippen molar-refractivity contribution < 1.29 is 19.1 Å². The number of ether oxygens (including phenoxy) is 2. The van der Waals surface area contributed by atoms with Crippen molar-refractivity contribution >= 4 is 28.2 Å². The van der Waals surface area contributed by atoms with Gasteiger partial charge in [0.1, 0.15) is 17.1 Å². The molecule has 1 N–H and O–H groups in total. The van der Waals surface area contributed by atoms with Crippen LogP contribution in [-0.4, -0.2) is 56.2 Å². The van der Waals surface area contributed by atoms with Gasteiger partial charge in [-0.25, -0.2) is 0 Å². The van der Waals surface area contributed by atoms with Crippen LogP contribution in [0.15, 0.2) is 11.4 Å². The van der Waals surface area contributed by atoms with Crippen molar-refractivity contribution in [2.24, 2.45) is 0 Å². The number of amides is 1. The van der Waals surface area contributed by atoms with Crippen molar-refractivity contribution in [3.05, 3.63) is 17.0 Å². The van der Waals surface area contributed by atoms with Crippen LogP contribution in [0.4, 0.5) is 5.00 Å². The zero-order chi connectivity index (χ0) is 15.2. The van der Waals surface area contributed by atoms with Crippen molar-refractivity contribution in [3.63, 3.8) is 0 Å². The molecule has 0 bridgehead atoms. The number of rotatable bonds is 4. The minimum atomic E-state index is -0.576. The Balaban J connectivity index is 1.97. The van der Waals surface area contributed by atoms with Crippen molar-refractivity contribution in [3.8, 4) is 6.07 Å². The average Bonchev–Trinajstić information content (AvgIpc) is 2.94. The standard InChI is InChI=1S/C13H15N3O4S/c1-19-13(18)10-8-20-4-3-16(10)7-11(17)15-12-9(6-14)2-5-21-12/h2,5,10H,3-4,7-8H2,1H3,(H,15,17). The molecular formula is C13H15N3O4S. The Kier molecular flexibility index (Phi) is 5.27. The molecule has 0 aliphatic carbocycles. The second kappa shape index (κ2) is 7.17. The fraction of sp³-hybridized carbons (Fsp3) is 0.462. The average molecular weight is 309 g/mol. The first-order chi connectivity index (χ1) is 10.2. The first-order valence-electron chi connectivity index (χ1n) is 6.32. The number of carbonyl (C=O) groups is 2. The van der Waals surface area contributed by atoms with E-state index in [1.54, 1.807) is 16.3 Å². The Bertz CT molecular complexity index is 566. The lowest BCUT2D eigenvalue weighted by atomic mass is 10.2. The lowest BCUT2D eigenvalue weighted by Crippen LogP contribution is -2.52. The largest absolute Gasteiger partial charge is 0.468 e. The van der Waals surface area contributed by atoms with Gasteiger partial charge in [-0.2, -0.15) is 5.26 Å². The van der Waals surface area contributed by atoms with Crippen LogP contribution >= 0.6 is 11.3 Å². The van der Waals surface area contributed by atoms with Gasteiger partial charge in [-0.3, -0.25) is 14.5 Å². The molecule has 1 aliphatic rings. The number of methoxy groups -OCH3 is 1. The number of morpholine rings is 1. The van der Waals surface area contributed by atoms with Crippen LogP contribution < -0.4 is 5.32 Å². The number of hydrogen-bond acceptors (Lipinski definition) is 7. The molecule has 1 aliphatic heterocycles. The molecule has 1 aromatic rings. The smallest absolute Gasteiger partial charge is 0.325 e. The summed E-state index contributed by atoms with van der Waals surface area (Å²) in [4.78, 5) is 25.4. The molecule has 0 saturated carbocycles. The van der Waals surface area contributed by atoms with E-state index in [1.165, 1.54) is 18.4 Å². The van der Waals surface area contributed by atoms with E-state index in [-0.39, 0.29) is 19.1 Å². The van der Waals surface area contributed by atoms with Gasteiger partial charge < -0.3 is 14.8 Å². The fourth-order valence-corrected chi connectivity index (χ4v) is 2.78. The Hall–Kier alpha value is -1.95. The molecule has 1 fully saturated rings. The van der Waals surface area contributed by atoms with Gasteiger partial charge in [0.2, 0.25) is 5.91 Å². The van der Waals surface area contributed by atoms with E-state index < -0.39 is 12.0 Å². The van der Waals surface area contributed by atoms with E-state index in [1.807, 2.05) is 6.07 Å². The van der Waals surface area contributed by atoms with Gasteiger partial charge in [-0.1, -0.05) is 0 Å². The maximum Gasteiger partial charge on any atom is 0.325 e. The molecule has 7 nitrogen and oxygen atoms in total. The third-order valence-corrected chi connectivity index (χ3v) is 3.93. The molecule has 21 heavy (non-hydrogen) atoms. The summed E-state index contributed by atoms with van der Waals surface area (Å²) >= 11 is 1.29. The summed E-state index contributed by atoms with van der Waals surface area (Å²) in [5.41, 5.74) is 0.430. The van der Waals surface area contributed by atoms with Crippen LogP contribution in [0.1, 0.15) is 5.56 Å². The number of esters is 1. The highest BCUT2D eigenvalue weighted by Crippen LogP contribution is 2.22. The van der Waals surface area contributed by atoms with Gasteiger partial charge in [0.15, 0.2) is 0 Å². The second-order valence-corrected chi connectivity index (χ2v) is 5.32. The van der Waals surface area contributed by atoms with Gasteiger partial charge in [0.05, 0.1) is 32.4 Å². The zero-order valence-electron chi connectivity index (χ0n) is 11.5. The third kappa shape index (κ3) is 3.78. The highest BCUT2D eigenvalue weighted by Gasteiger charge is 2.31. The van der Waals surface area contributed by atoms with E-state index >= 15 is 0 Å². The predicted octanol–water partition coefficient (Wildman–Crippen LogP) is 0.432. The summed E-state index contributed by atoms with van der Waals surface area (Å²) in [6.07, 6.45) is 0. The molecule has 8 heteroatoms. The molecule has 1 aromatic heterocycles. The van der Waals surface area contributed by atoms with Gasteiger partial charge in [0.25, 0.3) is 0 Å². The van der Waals surface area contributed by atoms with Crippen molar-refractivity contribution in [2.75, 3.05) is 38.7 Å². The Morgan fingerprint density at radius 2 is 2.48 bits per heavy atom. The SMILES string of the molecule is COC(=O)C1COCCN1CC(=O)Nc1sccc1C#N. The summed E-state index contributed by atoms with van der Waals surface area (Å²) < 4.78 is 9.95. The molecule has 112 valence electrons. The van der Waals surface area contributed by atoms with Crippen molar-refractivity contribution in [1.82, 2.24) is 4.90 Å². The molecule has 0 radical (unpaired) electrons. The number of hydrogen-bond donors (Lipinski definition) is 1. The lowest BCUT2D eigenvalue weighted by molar-refractivity contribution is -0.153. The Morgan fingerprint density at radius 1 is 1.67 bits per heavy atom. The Labute approximate surface area is 126 Å². The monoisotopic (exact) mass is 309 g/mol. The predicted molar refractivity (Wildman–Crippen MR) is 75.9 cm³/mol. The number of carbonyl (C=O) groups excluding carboxylic acids is 2. The van der Waals surface area contributed by atoms with Crippen LogP contribution in [0.25, 0.3) is 0 Å². The molecule has 0 spiro atoms. The second-order valence-electron chi connectivity index (χ2n) is 4.41. The zero-order valence-corrected chi connectivity index (χ0v) is 12.3. The molecule has 1 atom stereocenters. The van der Waals surface area contributed by atoms with E-state index in [4.69, 9.17) is 14.7 Å². The van der Waals surface area contributed by atoms with Crippen LogP contribution in [0, 0.1) is 11.3 Å². The molecule has 1 unspecified atom stereocenters. The first kappa shape index (κ1) is 15.4. The van der Waals surface area contributed by atoms with Crippen LogP contribution in [0.3, 0.4) is 0 Å². The maximum atomic E-state index is 12.1. The van der Waals surface area contributed by atoms with Gasteiger partial charge in [-0.05, 0) is 11.4 Å². The highest BCUT2D eigenvalue weighted by atomic mass is 32.1.